The maximum atomic E-state index is 11.7. The molecule has 28 heavy (non-hydrogen) atoms. The van der Waals surface area contributed by atoms with Crippen LogP contribution in [0.5, 0.6) is 5.75 Å². The number of esters is 3. The lowest BCUT2D eigenvalue weighted by Gasteiger charge is -2.40. The van der Waals surface area contributed by atoms with Crippen molar-refractivity contribution in [2.75, 3.05) is 5.75 Å². The SMILES string of the molecule is CC(=O)O[C@@H]1[C@@H](OC(C)=O)[C@@H](Oc2c(C#N)ccnc2C)SC[C@H]1OC(C)=O. The fourth-order valence-electron chi connectivity index (χ4n) is 2.72. The molecular formula is C18H20N2O7S. The summed E-state index contributed by atoms with van der Waals surface area (Å²) in [5.41, 5.74) is -0.0664. The molecule has 0 saturated carbocycles. The molecule has 1 fully saturated rings. The lowest BCUT2D eigenvalue weighted by molar-refractivity contribution is -0.186. The molecule has 0 unspecified atom stereocenters. The van der Waals surface area contributed by atoms with E-state index in [0.717, 1.165) is 0 Å². The quantitative estimate of drug-likeness (QED) is 0.523. The molecule has 1 saturated heterocycles. The van der Waals surface area contributed by atoms with Crippen molar-refractivity contribution in [1.29, 1.82) is 5.26 Å². The second-order valence-electron chi connectivity index (χ2n) is 6.00. The highest BCUT2D eigenvalue weighted by Crippen LogP contribution is 2.35. The number of aromatic nitrogens is 1. The van der Waals surface area contributed by atoms with Crippen LogP contribution < -0.4 is 4.74 Å². The minimum absolute atomic E-state index is 0.237. The maximum absolute atomic E-state index is 11.7. The average Bonchev–Trinajstić information content (AvgIpc) is 2.60. The fraction of sp³-hybridized carbons (Fsp3) is 0.500. The van der Waals surface area contributed by atoms with Crippen LogP contribution in [0.15, 0.2) is 12.3 Å². The first-order valence-electron chi connectivity index (χ1n) is 8.38. The van der Waals surface area contributed by atoms with Crippen LogP contribution in [0.4, 0.5) is 0 Å². The van der Waals surface area contributed by atoms with Crippen molar-refractivity contribution in [2.24, 2.45) is 0 Å². The summed E-state index contributed by atoms with van der Waals surface area (Å²) < 4.78 is 21.9. The van der Waals surface area contributed by atoms with E-state index >= 15 is 0 Å². The highest BCUT2D eigenvalue weighted by molar-refractivity contribution is 7.99. The number of hydrogen-bond acceptors (Lipinski definition) is 10. The Balaban J connectivity index is 2.38. The number of ether oxygens (including phenoxy) is 4. The summed E-state index contributed by atoms with van der Waals surface area (Å²) in [6, 6.07) is 3.53. The molecule has 4 atom stereocenters. The molecule has 0 spiro atoms. The largest absolute Gasteiger partial charge is 0.472 e. The van der Waals surface area contributed by atoms with Crippen LogP contribution in [-0.2, 0) is 28.6 Å². The van der Waals surface area contributed by atoms with Crippen molar-refractivity contribution in [3.05, 3.63) is 23.5 Å². The van der Waals surface area contributed by atoms with Gasteiger partial charge < -0.3 is 18.9 Å². The normalized spacial score (nSPS) is 23.8. The van der Waals surface area contributed by atoms with Crippen molar-refractivity contribution >= 4 is 29.7 Å². The van der Waals surface area contributed by atoms with E-state index in [4.69, 9.17) is 18.9 Å². The Morgan fingerprint density at radius 2 is 1.71 bits per heavy atom. The Hall–Kier alpha value is -2.80. The molecule has 1 aromatic rings. The Morgan fingerprint density at radius 3 is 2.29 bits per heavy atom. The van der Waals surface area contributed by atoms with Gasteiger partial charge in [0.1, 0.15) is 6.07 Å². The molecule has 2 rings (SSSR count). The van der Waals surface area contributed by atoms with Gasteiger partial charge in [-0.3, -0.25) is 19.4 Å². The van der Waals surface area contributed by atoms with E-state index in [1.807, 2.05) is 6.07 Å². The number of carbonyl (C=O) groups excluding carboxylic acids is 3. The van der Waals surface area contributed by atoms with Gasteiger partial charge in [-0.05, 0) is 13.0 Å². The maximum Gasteiger partial charge on any atom is 0.303 e. The van der Waals surface area contributed by atoms with Crippen molar-refractivity contribution < 1.29 is 33.3 Å². The van der Waals surface area contributed by atoms with Gasteiger partial charge >= 0.3 is 17.9 Å². The molecular weight excluding hydrogens is 388 g/mol. The number of nitrogens with zero attached hydrogens (tertiary/aromatic N) is 2. The zero-order chi connectivity index (χ0) is 20.8. The van der Waals surface area contributed by atoms with E-state index in [1.165, 1.54) is 44.8 Å². The van der Waals surface area contributed by atoms with Crippen LogP contribution in [0, 0.1) is 18.3 Å². The number of carbonyl (C=O) groups is 3. The number of aryl methyl sites for hydroxylation is 1. The number of rotatable bonds is 5. The van der Waals surface area contributed by atoms with Crippen LogP contribution in [0.2, 0.25) is 0 Å². The Bertz CT molecular complexity index is 808. The van der Waals surface area contributed by atoms with Gasteiger partial charge in [-0.15, -0.1) is 11.8 Å². The smallest absolute Gasteiger partial charge is 0.303 e. The van der Waals surface area contributed by atoms with Crippen molar-refractivity contribution in [2.45, 2.75) is 51.4 Å². The number of nitriles is 1. The van der Waals surface area contributed by atoms with Gasteiger partial charge in [0.15, 0.2) is 29.5 Å². The summed E-state index contributed by atoms with van der Waals surface area (Å²) in [4.78, 5) is 38.8. The van der Waals surface area contributed by atoms with Gasteiger partial charge in [0.25, 0.3) is 0 Å². The molecule has 0 aromatic carbocycles. The minimum atomic E-state index is -1.06. The molecule has 0 bridgehead atoms. The van der Waals surface area contributed by atoms with E-state index in [-0.39, 0.29) is 17.1 Å². The van der Waals surface area contributed by atoms with Crippen molar-refractivity contribution in [3.8, 4) is 11.8 Å². The highest BCUT2D eigenvalue weighted by atomic mass is 32.2. The Morgan fingerprint density at radius 1 is 1.11 bits per heavy atom. The second kappa shape index (κ2) is 9.41. The molecule has 150 valence electrons. The molecule has 1 aliphatic rings. The molecule has 0 aliphatic carbocycles. The lowest BCUT2D eigenvalue weighted by atomic mass is 10.1. The number of thioether (sulfide) groups is 1. The average molecular weight is 408 g/mol. The fourth-order valence-corrected chi connectivity index (χ4v) is 3.92. The molecule has 1 aliphatic heterocycles. The summed E-state index contributed by atoms with van der Waals surface area (Å²) in [5, 5.41) is 9.32. The number of pyridine rings is 1. The molecule has 0 amide bonds. The third kappa shape index (κ3) is 5.36. The second-order valence-corrected chi connectivity index (χ2v) is 7.13. The summed E-state index contributed by atoms with van der Waals surface area (Å²) >= 11 is 1.21. The van der Waals surface area contributed by atoms with E-state index in [0.29, 0.717) is 5.69 Å². The molecule has 9 nitrogen and oxygen atoms in total. The zero-order valence-corrected chi connectivity index (χ0v) is 16.6. The van der Waals surface area contributed by atoms with Gasteiger partial charge in [-0.2, -0.15) is 5.26 Å². The molecule has 1 aromatic heterocycles. The predicted molar refractivity (Wildman–Crippen MR) is 97.2 cm³/mol. The van der Waals surface area contributed by atoms with Gasteiger partial charge in [0.2, 0.25) is 0 Å². The van der Waals surface area contributed by atoms with Crippen LogP contribution in [-0.4, -0.2) is 52.4 Å². The molecule has 10 heteroatoms. The highest BCUT2D eigenvalue weighted by Gasteiger charge is 2.48. The van der Waals surface area contributed by atoms with E-state index in [1.54, 1.807) is 6.92 Å². The first kappa shape index (κ1) is 21.5. The number of hydrogen-bond donors (Lipinski definition) is 0. The monoisotopic (exact) mass is 408 g/mol. The first-order valence-corrected chi connectivity index (χ1v) is 9.43. The van der Waals surface area contributed by atoms with E-state index in [9.17, 15) is 19.6 Å². The third-order valence-corrected chi connectivity index (χ3v) is 4.96. The van der Waals surface area contributed by atoms with Crippen molar-refractivity contribution in [3.63, 3.8) is 0 Å². The minimum Gasteiger partial charge on any atom is -0.472 e. The standard InChI is InChI=1S/C18H20N2O7S/c1-9-15(13(7-19)5-6-20-9)27-18-17(26-12(4)23)16(25-11(3)22)14(8-28-18)24-10(2)21/h5-6,14,16-18H,8H2,1-4H3/t14-,16+,17-,18+/m1/s1. The van der Waals surface area contributed by atoms with Gasteiger partial charge in [-0.1, -0.05) is 0 Å². The summed E-state index contributed by atoms with van der Waals surface area (Å²) in [5.74, 6) is -1.32. The van der Waals surface area contributed by atoms with Crippen LogP contribution in [0.1, 0.15) is 32.0 Å². The summed E-state index contributed by atoms with van der Waals surface area (Å²) in [7, 11) is 0. The topological polar surface area (TPSA) is 125 Å². The molecule has 0 N–H and O–H groups in total. The first-order chi connectivity index (χ1) is 13.2. The van der Waals surface area contributed by atoms with E-state index < -0.39 is 41.7 Å². The van der Waals surface area contributed by atoms with Gasteiger partial charge in [0, 0.05) is 32.7 Å². The van der Waals surface area contributed by atoms with Gasteiger partial charge in [0.05, 0.1) is 11.3 Å². The Labute approximate surface area is 166 Å². The summed E-state index contributed by atoms with van der Waals surface area (Å²) in [6.07, 6.45) is -1.45. The summed E-state index contributed by atoms with van der Waals surface area (Å²) in [6.45, 7) is 5.32. The van der Waals surface area contributed by atoms with Crippen LogP contribution >= 0.6 is 11.8 Å². The lowest BCUT2D eigenvalue weighted by Crippen LogP contribution is -2.55. The van der Waals surface area contributed by atoms with Crippen LogP contribution in [0.3, 0.4) is 0 Å². The molecule has 2 heterocycles. The zero-order valence-electron chi connectivity index (χ0n) is 15.8. The molecule has 0 radical (unpaired) electrons. The van der Waals surface area contributed by atoms with Crippen molar-refractivity contribution in [1.82, 2.24) is 4.98 Å². The van der Waals surface area contributed by atoms with Gasteiger partial charge in [-0.25, -0.2) is 0 Å². The van der Waals surface area contributed by atoms with E-state index in [2.05, 4.69) is 4.98 Å². The predicted octanol–water partition coefficient (Wildman–Crippen LogP) is 1.51. The van der Waals surface area contributed by atoms with Crippen LogP contribution in [0.25, 0.3) is 0 Å². The third-order valence-electron chi connectivity index (χ3n) is 3.74. The Kier molecular flexibility index (Phi) is 7.23.